The van der Waals surface area contributed by atoms with Crippen molar-refractivity contribution in [3.8, 4) is 0 Å². The Labute approximate surface area is 141 Å². The Hall–Kier alpha value is -0.320. The fourth-order valence-electron chi connectivity index (χ4n) is 2.32. The van der Waals surface area contributed by atoms with Crippen LogP contribution in [0.4, 0.5) is 0 Å². The molecule has 0 spiro atoms. The van der Waals surface area contributed by atoms with E-state index < -0.39 is 0 Å². The summed E-state index contributed by atoms with van der Waals surface area (Å²) in [7, 11) is 0. The maximum absolute atomic E-state index is 6.40. The molecule has 0 fully saturated rings. The van der Waals surface area contributed by atoms with Gasteiger partial charge in [-0.1, -0.05) is 61.7 Å². The molecule has 0 unspecified atom stereocenters. The second-order valence-corrected chi connectivity index (χ2v) is 6.44. The SMILES string of the molecule is CCn1cc(CC(CBr)(CBr)c2ccccc2Cl)cn1. The molecule has 0 atom stereocenters. The molecule has 2 rings (SSSR count). The lowest BCUT2D eigenvalue weighted by molar-refractivity contribution is 0.550. The zero-order valence-corrected chi connectivity index (χ0v) is 15.2. The molecular weight excluding hydrogens is 403 g/mol. The molecule has 1 aromatic heterocycles. The number of hydrogen-bond donors (Lipinski definition) is 0. The highest BCUT2D eigenvalue weighted by molar-refractivity contribution is 9.09. The third-order valence-electron chi connectivity index (χ3n) is 3.51. The first-order valence-corrected chi connectivity index (χ1v) is 9.15. The van der Waals surface area contributed by atoms with E-state index in [-0.39, 0.29) is 5.41 Å². The van der Waals surface area contributed by atoms with Gasteiger partial charge in [0.05, 0.1) is 6.20 Å². The molecule has 0 saturated carbocycles. The number of nitrogens with zero attached hydrogens (tertiary/aromatic N) is 2. The third-order valence-corrected chi connectivity index (χ3v) is 5.99. The van der Waals surface area contributed by atoms with Gasteiger partial charge in [0.2, 0.25) is 0 Å². The van der Waals surface area contributed by atoms with Crippen LogP contribution in [0.3, 0.4) is 0 Å². The summed E-state index contributed by atoms with van der Waals surface area (Å²) in [5.41, 5.74) is 2.32. The van der Waals surface area contributed by atoms with E-state index in [0.29, 0.717) is 0 Å². The van der Waals surface area contributed by atoms with Crippen LogP contribution in [0.1, 0.15) is 18.1 Å². The lowest BCUT2D eigenvalue weighted by Crippen LogP contribution is -2.33. The maximum Gasteiger partial charge on any atom is 0.0522 e. The highest BCUT2D eigenvalue weighted by atomic mass is 79.9. The van der Waals surface area contributed by atoms with Crippen molar-refractivity contribution in [2.75, 3.05) is 10.7 Å². The summed E-state index contributed by atoms with van der Waals surface area (Å²) >= 11 is 13.7. The highest BCUT2D eigenvalue weighted by Crippen LogP contribution is 2.36. The molecule has 0 aliphatic carbocycles. The quantitative estimate of drug-likeness (QED) is 0.612. The minimum atomic E-state index is -0.0695. The molecule has 1 heterocycles. The average Bonchev–Trinajstić information content (AvgIpc) is 2.93. The Morgan fingerprint density at radius 2 is 1.95 bits per heavy atom. The number of alkyl halides is 2. The first-order chi connectivity index (χ1) is 9.65. The van der Waals surface area contributed by atoms with Gasteiger partial charge in [0, 0.05) is 33.8 Å². The van der Waals surface area contributed by atoms with Gasteiger partial charge in [-0.3, -0.25) is 4.68 Å². The number of benzene rings is 1. The van der Waals surface area contributed by atoms with E-state index >= 15 is 0 Å². The summed E-state index contributed by atoms with van der Waals surface area (Å²) in [6.45, 7) is 2.98. The van der Waals surface area contributed by atoms with Crippen molar-refractivity contribution in [3.05, 3.63) is 52.8 Å². The van der Waals surface area contributed by atoms with Gasteiger partial charge in [-0.2, -0.15) is 5.10 Å². The van der Waals surface area contributed by atoms with Crippen molar-refractivity contribution in [1.82, 2.24) is 9.78 Å². The van der Waals surface area contributed by atoms with Crippen LogP contribution in [0.5, 0.6) is 0 Å². The Kier molecular flexibility index (Phi) is 5.70. The molecule has 0 bridgehead atoms. The summed E-state index contributed by atoms with van der Waals surface area (Å²) in [5.74, 6) is 0. The fraction of sp³-hybridized carbons (Fsp3) is 0.400. The van der Waals surface area contributed by atoms with E-state index in [1.165, 1.54) is 11.1 Å². The van der Waals surface area contributed by atoms with Crippen molar-refractivity contribution in [1.29, 1.82) is 0 Å². The van der Waals surface area contributed by atoms with Gasteiger partial charge in [0.15, 0.2) is 0 Å². The number of halogens is 3. The monoisotopic (exact) mass is 418 g/mol. The Morgan fingerprint density at radius 3 is 2.50 bits per heavy atom. The predicted octanol–water partition coefficient (Wildman–Crippen LogP) is 4.83. The fourth-order valence-corrected chi connectivity index (χ4v) is 4.59. The van der Waals surface area contributed by atoms with Crippen LogP contribution >= 0.6 is 43.5 Å². The third kappa shape index (κ3) is 3.29. The van der Waals surface area contributed by atoms with Crippen molar-refractivity contribution in [2.45, 2.75) is 25.3 Å². The summed E-state index contributed by atoms with van der Waals surface area (Å²) in [6.07, 6.45) is 4.95. The van der Waals surface area contributed by atoms with Crippen LogP contribution in [0.25, 0.3) is 0 Å². The molecule has 2 nitrogen and oxygen atoms in total. The van der Waals surface area contributed by atoms with E-state index in [1.807, 2.05) is 29.1 Å². The number of aryl methyl sites for hydroxylation is 1. The Balaban J connectivity index is 2.37. The smallest absolute Gasteiger partial charge is 0.0522 e. The normalized spacial score (nSPS) is 11.8. The van der Waals surface area contributed by atoms with Crippen molar-refractivity contribution < 1.29 is 0 Å². The standard InChI is InChI=1S/C15H17Br2ClN2/c1-2-20-9-12(8-19-20)7-15(10-16,11-17)13-5-3-4-6-14(13)18/h3-6,8-9H,2,7,10-11H2,1H3. The molecular formula is C15H17Br2ClN2. The molecule has 20 heavy (non-hydrogen) atoms. The lowest BCUT2D eigenvalue weighted by atomic mass is 9.79. The van der Waals surface area contributed by atoms with E-state index in [9.17, 15) is 0 Å². The minimum Gasteiger partial charge on any atom is -0.273 e. The molecule has 0 aliphatic rings. The second-order valence-electron chi connectivity index (χ2n) is 4.91. The van der Waals surface area contributed by atoms with E-state index in [1.54, 1.807) is 0 Å². The highest BCUT2D eigenvalue weighted by Gasteiger charge is 2.32. The number of hydrogen-bond acceptors (Lipinski definition) is 1. The maximum atomic E-state index is 6.40. The van der Waals surface area contributed by atoms with Crippen molar-refractivity contribution >= 4 is 43.5 Å². The molecule has 0 saturated heterocycles. The molecule has 0 amide bonds. The molecule has 0 aliphatic heterocycles. The molecule has 1 aromatic carbocycles. The van der Waals surface area contributed by atoms with Crippen LogP contribution in [-0.4, -0.2) is 20.4 Å². The van der Waals surface area contributed by atoms with Gasteiger partial charge in [-0.15, -0.1) is 0 Å². The van der Waals surface area contributed by atoms with Gasteiger partial charge in [-0.25, -0.2) is 0 Å². The van der Waals surface area contributed by atoms with Gasteiger partial charge < -0.3 is 0 Å². The van der Waals surface area contributed by atoms with Crippen LogP contribution in [-0.2, 0) is 18.4 Å². The summed E-state index contributed by atoms with van der Waals surface area (Å²) in [4.78, 5) is 0. The zero-order valence-electron chi connectivity index (χ0n) is 11.3. The van der Waals surface area contributed by atoms with Crippen LogP contribution < -0.4 is 0 Å². The van der Waals surface area contributed by atoms with Crippen molar-refractivity contribution in [2.24, 2.45) is 0 Å². The van der Waals surface area contributed by atoms with E-state index in [4.69, 9.17) is 11.6 Å². The first kappa shape index (κ1) is 16.1. The number of aromatic nitrogens is 2. The first-order valence-electron chi connectivity index (χ1n) is 6.53. The summed E-state index contributed by atoms with van der Waals surface area (Å²) in [6, 6.07) is 8.06. The summed E-state index contributed by atoms with van der Waals surface area (Å²) in [5, 5.41) is 6.85. The van der Waals surface area contributed by atoms with E-state index in [0.717, 1.165) is 28.6 Å². The molecule has 0 radical (unpaired) electrons. The predicted molar refractivity (Wildman–Crippen MR) is 92.3 cm³/mol. The topological polar surface area (TPSA) is 17.8 Å². The lowest BCUT2D eigenvalue weighted by Gasteiger charge is -2.31. The van der Waals surface area contributed by atoms with Gasteiger partial charge >= 0.3 is 0 Å². The molecule has 5 heteroatoms. The Bertz CT molecular complexity index is 565. The Morgan fingerprint density at radius 1 is 1.25 bits per heavy atom. The second kappa shape index (κ2) is 7.10. The van der Waals surface area contributed by atoms with Crippen LogP contribution in [0.2, 0.25) is 5.02 Å². The van der Waals surface area contributed by atoms with Crippen LogP contribution in [0, 0.1) is 0 Å². The number of rotatable bonds is 6. The molecule has 2 aromatic rings. The van der Waals surface area contributed by atoms with Gasteiger partial charge in [0.1, 0.15) is 0 Å². The van der Waals surface area contributed by atoms with E-state index in [2.05, 4.69) is 56.1 Å². The minimum absolute atomic E-state index is 0.0695. The molecule has 0 N–H and O–H groups in total. The average molecular weight is 421 g/mol. The van der Waals surface area contributed by atoms with Crippen LogP contribution in [0.15, 0.2) is 36.7 Å². The zero-order chi connectivity index (χ0) is 14.6. The van der Waals surface area contributed by atoms with Crippen molar-refractivity contribution in [3.63, 3.8) is 0 Å². The molecule has 108 valence electrons. The van der Waals surface area contributed by atoms with Gasteiger partial charge in [-0.05, 0) is 30.5 Å². The van der Waals surface area contributed by atoms with Gasteiger partial charge in [0.25, 0.3) is 0 Å². The summed E-state index contributed by atoms with van der Waals surface area (Å²) < 4.78 is 1.95. The largest absolute Gasteiger partial charge is 0.273 e.